The Labute approximate surface area is 280 Å². The number of aromatic nitrogens is 2. The van der Waals surface area contributed by atoms with Crippen molar-refractivity contribution >= 4 is 23.5 Å². The van der Waals surface area contributed by atoms with Crippen LogP contribution in [0.3, 0.4) is 0 Å². The largest absolute Gasteiger partial charge is 0.459 e. The van der Waals surface area contributed by atoms with E-state index in [1.165, 1.54) is 49.0 Å². The summed E-state index contributed by atoms with van der Waals surface area (Å²) in [7, 11) is 0. The molecule has 47 heavy (non-hydrogen) atoms. The van der Waals surface area contributed by atoms with Crippen molar-refractivity contribution in [2.24, 2.45) is 17.8 Å². The van der Waals surface area contributed by atoms with E-state index in [1.807, 2.05) is 36.7 Å². The van der Waals surface area contributed by atoms with Gasteiger partial charge in [0.15, 0.2) is 5.82 Å². The fourth-order valence-electron chi connectivity index (χ4n) is 6.57. The number of hydrogen-bond acceptors (Lipinski definition) is 7. The molecule has 0 bridgehead atoms. The van der Waals surface area contributed by atoms with Gasteiger partial charge in [-0.05, 0) is 103 Å². The van der Waals surface area contributed by atoms with Crippen LogP contribution < -0.4 is 5.32 Å². The zero-order valence-electron chi connectivity index (χ0n) is 29.4. The van der Waals surface area contributed by atoms with Gasteiger partial charge in [0, 0.05) is 30.1 Å². The SMILES string of the molecule is CC[C@H]1CC[C@H](C2CC=C(c3cnc(-c4ccc(CN(CC(=O)OC(C)(C)C)C(=O)CNC(=O)OC(C)(C)C)cc4)nc3)CC2)CC1. The lowest BCUT2D eigenvalue weighted by Crippen LogP contribution is -2.44. The van der Waals surface area contributed by atoms with E-state index >= 15 is 0 Å². The monoisotopic (exact) mass is 646 g/mol. The standard InChI is InChI=1S/C38H54N4O5/c1-8-26-9-13-28(14-10-26)29-17-19-30(20-18-29)32-21-39-35(40-22-32)31-15-11-27(12-16-31)24-42(25-34(44)46-37(2,3)4)33(43)23-41-36(45)47-38(5,6)7/h11-12,15-16,19,21-22,26,28-29H,8-10,13-14,17-18,20,23-25H2,1-7H3,(H,41,45)/t26-,28-,29?. The number of amides is 2. The minimum Gasteiger partial charge on any atom is -0.459 e. The van der Waals surface area contributed by atoms with E-state index < -0.39 is 29.2 Å². The van der Waals surface area contributed by atoms with Crippen LogP contribution in [0.4, 0.5) is 4.79 Å². The second-order valence-electron chi connectivity index (χ2n) is 15.1. The summed E-state index contributed by atoms with van der Waals surface area (Å²) in [4.78, 5) is 48.6. The van der Waals surface area contributed by atoms with Gasteiger partial charge in [0.1, 0.15) is 24.3 Å². The summed E-state index contributed by atoms with van der Waals surface area (Å²) in [5.74, 6) is 2.30. The highest BCUT2D eigenvalue weighted by Gasteiger charge is 2.29. The summed E-state index contributed by atoms with van der Waals surface area (Å²) >= 11 is 0. The minimum atomic E-state index is -0.702. The van der Waals surface area contributed by atoms with Crippen LogP contribution in [-0.2, 0) is 25.6 Å². The maximum atomic E-state index is 13.1. The second kappa shape index (κ2) is 15.9. The Kier molecular flexibility index (Phi) is 12.2. The van der Waals surface area contributed by atoms with Crippen molar-refractivity contribution in [1.29, 1.82) is 0 Å². The molecule has 1 aromatic carbocycles. The summed E-state index contributed by atoms with van der Waals surface area (Å²) < 4.78 is 10.7. The molecular formula is C38H54N4O5. The highest BCUT2D eigenvalue weighted by Crippen LogP contribution is 2.41. The molecular weight excluding hydrogens is 592 g/mol. The number of carbonyl (C=O) groups is 3. The van der Waals surface area contributed by atoms with Gasteiger partial charge in [-0.25, -0.2) is 14.8 Å². The van der Waals surface area contributed by atoms with E-state index in [-0.39, 0.29) is 19.6 Å². The molecule has 9 nitrogen and oxygen atoms in total. The topological polar surface area (TPSA) is 111 Å². The lowest BCUT2D eigenvalue weighted by atomic mass is 9.71. The van der Waals surface area contributed by atoms with Gasteiger partial charge in [0.05, 0.1) is 0 Å². The van der Waals surface area contributed by atoms with Crippen LogP contribution in [0.25, 0.3) is 17.0 Å². The molecule has 4 rings (SSSR count). The quantitative estimate of drug-likeness (QED) is 0.263. The Hall–Kier alpha value is -3.75. The van der Waals surface area contributed by atoms with Crippen LogP contribution >= 0.6 is 0 Å². The van der Waals surface area contributed by atoms with Gasteiger partial charge in [0.2, 0.25) is 5.91 Å². The molecule has 2 aromatic rings. The van der Waals surface area contributed by atoms with Crippen LogP contribution in [-0.4, -0.2) is 57.1 Å². The number of rotatable bonds is 10. The molecule has 0 aliphatic heterocycles. The van der Waals surface area contributed by atoms with Crippen molar-refractivity contribution in [2.75, 3.05) is 13.1 Å². The van der Waals surface area contributed by atoms with Crippen LogP contribution in [0.2, 0.25) is 0 Å². The molecule has 9 heteroatoms. The number of carbonyl (C=O) groups excluding carboxylic acids is 3. The van der Waals surface area contributed by atoms with Gasteiger partial charge < -0.3 is 19.7 Å². The van der Waals surface area contributed by atoms with Crippen molar-refractivity contribution in [2.45, 2.75) is 118 Å². The third-order valence-electron chi connectivity index (χ3n) is 9.07. The first kappa shape index (κ1) is 36.1. The smallest absolute Gasteiger partial charge is 0.408 e. The average Bonchev–Trinajstić information content (AvgIpc) is 3.02. The maximum Gasteiger partial charge on any atom is 0.408 e. The summed E-state index contributed by atoms with van der Waals surface area (Å²) in [6.07, 6.45) is 16.0. The Morgan fingerprint density at radius 2 is 1.49 bits per heavy atom. The lowest BCUT2D eigenvalue weighted by molar-refractivity contribution is -0.159. The lowest BCUT2D eigenvalue weighted by Gasteiger charge is -2.35. The van der Waals surface area contributed by atoms with E-state index in [2.05, 4.69) is 28.3 Å². The first-order chi connectivity index (χ1) is 22.2. The molecule has 2 aliphatic rings. The predicted molar refractivity (Wildman–Crippen MR) is 184 cm³/mol. The predicted octanol–water partition coefficient (Wildman–Crippen LogP) is 7.74. The van der Waals surface area contributed by atoms with E-state index in [9.17, 15) is 14.4 Å². The van der Waals surface area contributed by atoms with E-state index in [4.69, 9.17) is 9.47 Å². The second-order valence-corrected chi connectivity index (χ2v) is 15.1. The number of alkyl carbamates (subject to hydrolysis) is 1. The molecule has 0 radical (unpaired) electrons. The third kappa shape index (κ3) is 11.5. The number of nitrogens with zero attached hydrogens (tertiary/aromatic N) is 3. The Morgan fingerprint density at radius 3 is 2.04 bits per heavy atom. The zero-order chi connectivity index (χ0) is 34.2. The van der Waals surface area contributed by atoms with Crippen molar-refractivity contribution in [1.82, 2.24) is 20.2 Å². The van der Waals surface area contributed by atoms with E-state index in [0.717, 1.165) is 47.3 Å². The Balaban J connectivity index is 1.36. The van der Waals surface area contributed by atoms with Gasteiger partial charge in [-0.2, -0.15) is 0 Å². The molecule has 1 saturated carbocycles. The van der Waals surface area contributed by atoms with E-state index in [1.54, 1.807) is 41.5 Å². The van der Waals surface area contributed by atoms with E-state index in [0.29, 0.717) is 5.82 Å². The van der Waals surface area contributed by atoms with Gasteiger partial charge in [-0.3, -0.25) is 9.59 Å². The number of nitrogens with one attached hydrogen (secondary N) is 1. The molecule has 2 aliphatic carbocycles. The number of allylic oxidation sites excluding steroid dienone is 2. The van der Waals surface area contributed by atoms with Gasteiger partial charge >= 0.3 is 12.1 Å². The van der Waals surface area contributed by atoms with Gasteiger partial charge in [0.25, 0.3) is 0 Å². The summed E-state index contributed by atoms with van der Waals surface area (Å²) in [5, 5.41) is 2.48. The molecule has 1 aromatic heterocycles. The fraction of sp³-hybridized carbons (Fsp3) is 0.605. The third-order valence-corrected chi connectivity index (χ3v) is 9.07. The molecule has 1 heterocycles. The van der Waals surface area contributed by atoms with Gasteiger partial charge in [-0.15, -0.1) is 0 Å². The summed E-state index contributed by atoms with van der Waals surface area (Å²) in [6.45, 7) is 12.5. The average molecular weight is 647 g/mol. The first-order valence-corrected chi connectivity index (χ1v) is 17.3. The van der Waals surface area contributed by atoms with Crippen molar-refractivity contribution in [3.05, 3.63) is 53.9 Å². The van der Waals surface area contributed by atoms with Crippen LogP contribution in [0.15, 0.2) is 42.7 Å². The van der Waals surface area contributed by atoms with Crippen LogP contribution in [0.5, 0.6) is 0 Å². The molecule has 0 spiro atoms. The Bertz CT molecular complexity index is 1380. The van der Waals surface area contributed by atoms with Crippen LogP contribution in [0.1, 0.15) is 111 Å². The highest BCUT2D eigenvalue weighted by molar-refractivity contribution is 5.85. The maximum absolute atomic E-state index is 13.1. The van der Waals surface area contributed by atoms with Crippen molar-refractivity contribution < 1.29 is 23.9 Å². The number of esters is 1. The number of hydrogen-bond donors (Lipinski definition) is 1. The minimum absolute atomic E-state index is 0.156. The van der Waals surface area contributed by atoms with Crippen molar-refractivity contribution in [3.8, 4) is 11.4 Å². The molecule has 1 N–H and O–H groups in total. The van der Waals surface area contributed by atoms with Crippen molar-refractivity contribution in [3.63, 3.8) is 0 Å². The molecule has 2 amide bonds. The molecule has 0 saturated heterocycles. The number of benzene rings is 1. The highest BCUT2D eigenvalue weighted by atomic mass is 16.6. The van der Waals surface area contributed by atoms with Gasteiger partial charge in [-0.1, -0.05) is 56.5 Å². The normalized spacial score (nSPS) is 20.1. The molecule has 256 valence electrons. The number of ether oxygens (including phenoxy) is 2. The Morgan fingerprint density at radius 1 is 0.851 bits per heavy atom. The summed E-state index contributed by atoms with van der Waals surface area (Å²) in [5.41, 5.74) is 2.72. The molecule has 1 unspecified atom stereocenters. The zero-order valence-corrected chi connectivity index (χ0v) is 29.4. The summed E-state index contributed by atoms with van der Waals surface area (Å²) in [6, 6.07) is 7.61. The first-order valence-electron chi connectivity index (χ1n) is 17.3. The molecule has 1 fully saturated rings. The van der Waals surface area contributed by atoms with Crippen LogP contribution in [0, 0.1) is 17.8 Å². The fourth-order valence-corrected chi connectivity index (χ4v) is 6.57. The molecule has 1 atom stereocenters.